The molecule has 5 heteroatoms. The molecule has 2 N–H and O–H groups in total. The lowest BCUT2D eigenvalue weighted by molar-refractivity contribution is -0.121. The van der Waals surface area contributed by atoms with E-state index in [0.717, 1.165) is 35.0 Å². The van der Waals surface area contributed by atoms with Crippen molar-refractivity contribution in [2.24, 2.45) is 5.10 Å². The summed E-state index contributed by atoms with van der Waals surface area (Å²) in [4.78, 5) is 15.8. The molecule has 2 heterocycles. The molecule has 0 aliphatic heterocycles. The summed E-state index contributed by atoms with van der Waals surface area (Å²) < 4.78 is 2.34. The summed E-state index contributed by atoms with van der Waals surface area (Å²) in [6.45, 7) is 2.70. The number of amides is 1. The summed E-state index contributed by atoms with van der Waals surface area (Å²) in [5.74, 6) is -0.0638. The molecule has 0 saturated heterocycles. The van der Waals surface area contributed by atoms with E-state index in [0.29, 0.717) is 13.0 Å². The van der Waals surface area contributed by atoms with Crippen LogP contribution in [0.5, 0.6) is 0 Å². The van der Waals surface area contributed by atoms with Gasteiger partial charge in [0.2, 0.25) is 5.91 Å². The number of hydrogen-bond donors (Lipinski definition) is 2. The maximum absolute atomic E-state index is 12.5. The molecule has 2 aromatic carbocycles. The fraction of sp³-hybridized carbons (Fsp3) is 0.280. The predicted octanol–water partition coefficient (Wildman–Crippen LogP) is 4.85. The van der Waals surface area contributed by atoms with Crippen molar-refractivity contribution in [1.82, 2.24) is 15.0 Å². The molecule has 4 aromatic rings. The molecular weight excluding hydrogens is 372 g/mol. The highest BCUT2D eigenvalue weighted by molar-refractivity contribution is 6.00. The van der Waals surface area contributed by atoms with E-state index in [2.05, 4.69) is 50.4 Å². The number of fused-ring (bicyclic) bond motifs is 4. The number of aromatic nitrogens is 2. The molecule has 0 bridgehead atoms. The summed E-state index contributed by atoms with van der Waals surface area (Å²) in [5, 5.41) is 6.68. The van der Waals surface area contributed by atoms with Gasteiger partial charge in [0.1, 0.15) is 0 Å². The molecule has 2 aromatic heterocycles. The molecule has 30 heavy (non-hydrogen) atoms. The van der Waals surface area contributed by atoms with Crippen molar-refractivity contribution < 1.29 is 4.79 Å². The first-order valence-corrected chi connectivity index (χ1v) is 10.7. The number of H-pyrrole nitrogens is 1. The van der Waals surface area contributed by atoms with Crippen LogP contribution in [0.4, 0.5) is 0 Å². The maximum Gasteiger partial charge on any atom is 0.241 e. The number of nitrogens with zero attached hydrogens (tertiary/aromatic N) is 2. The Bertz CT molecular complexity index is 1260. The fourth-order valence-corrected chi connectivity index (χ4v) is 4.75. The van der Waals surface area contributed by atoms with E-state index in [1.54, 1.807) is 6.21 Å². The predicted molar refractivity (Wildman–Crippen MR) is 122 cm³/mol. The van der Waals surface area contributed by atoms with Crippen molar-refractivity contribution in [3.63, 3.8) is 0 Å². The van der Waals surface area contributed by atoms with Gasteiger partial charge in [-0.25, -0.2) is 5.43 Å². The number of hydrazone groups is 1. The zero-order chi connectivity index (χ0) is 20.5. The lowest BCUT2D eigenvalue weighted by Crippen LogP contribution is -2.20. The second-order valence-corrected chi connectivity index (χ2v) is 8.05. The van der Waals surface area contributed by atoms with Gasteiger partial charge in [0.15, 0.2) is 0 Å². The van der Waals surface area contributed by atoms with Gasteiger partial charge in [-0.3, -0.25) is 4.79 Å². The highest BCUT2D eigenvalue weighted by atomic mass is 16.2. The van der Waals surface area contributed by atoms with Crippen LogP contribution in [0.1, 0.15) is 41.8 Å². The summed E-state index contributed by atoms with van der Waals surface area (Å²) in [5.41, 5.74) is 9.97. The molecule has 0 spiro atoms. The Kier molecular flexibility index (Phi) is 4.87. The van der Waals surface area contributed by atoms with Crippen LogP contribution in [-0.2, 0) is 24.2 Å². The van der Waals surface area contributed by atoms with E-state index < -0.39 is 0 Å². The average molecular weight is 399 g/mol. The molecule has 1 aliphatic rings. The Morgan fingerprint density at radius 3 is 2.77 bits per heavy atom. The Labute approximate surface area is 175 Å². The largest absolute Gasteiger partial charge is 0.358 e. The number of hydrogen-bond acceptors (Lipinski definition) is 2. The third-order valence-electron chi connectivity index (χ3n) is 6.17. The van der Waals surface area contributed by atoms with Crippen LogP contribution in [0.3, 0.4) is 0 Å². The lowest BCUT2D eigenvalue weighted by atomic mass is 9.95. The van der Waals surface area contributed by atoms with Crippen LogP contribution < -0.4 is 5.43 Å². The van der Waals surface area contributed by atoms with E-state index in [1.807, 2.05) is 25.1 Å². The third-order valence-corrected chi connectivity index (χ3v) is 6.17. The number of aryl methyl sites for hydroxylation is 3. The lowest BCUT2D eigenvalue weighted by Gasteiger charge is -2.15. The summed E-state index contributed by atoms with van der Waals surface area (Å²) >= 11 is 0. The van der Waals surface area contributed by atoms with Gasteiger partial charge >= 0.3 is 0 Å². The zero-order valence-corrected chi connectivity index (χ0v) is 17.2. The molecule has 152 valence electrons. The van der Waals surface area contributed by atoms with E-state index in [-0.39, 0.29) is 5.91 Å². The number of para-hydroxylation sites is 2. The van der Waals surface area contributed by atoms with E-state index >= 15 is 0 Å². The van der Waals surface area contributed by atoms with Crippen LogP contribution in [0.25, 0.3) is 21.8 Å². The van der Waals surface area contributed by atoms with Crippen molar-refractivity contribution in [1.29, 1.82) is 0 Å². The first kappa shape index (κ1) is 18.7. The monoisotopic (exact) mass is 398 g/mol. The first-order chi connectivity index (χ1) is 14.7. The van der Waals surface area contributed by atoms with Gasteiger partial charge in [0, 0.05) is 51.7 Å². The van der Waals surface area contributed by atoms with Crippen LogP contribution in [0, 0.1) is 6.92 Å². The SMILES string of the molecule is Cc1[nH]c2ccccc2c1/C=N\NC(=O)CCn1c2c(c3ccccc31)CCCC2. The van der Waals surface area contributed by atoms with Gasteiger partial charge in [0.25, 0.3) is 0 Å². The minimum atomic E-state index is -0.0638. The van der Waals surface area contributed by atoms with Crippen LogP contribution in [0.2, 0.25) is 0 Å². The molecule has 1 amide bonds. The molecule has 5 rings (SSSR count). The van der Waals surface area contributed by atoms with Crippen LogP contribution in [-0.4, -0.2) is 21.7 Å². The number of carbonyl (C=O) groups excluding carboxylic acids is 1. The van der Waals surface area contributed by atoms with Crippen LogP contribution >= 0.6 is 0 Å². The Hall–Kier alpha value is -3.34. The summed E-state index contributed by atoms with van der Waals surface area (Å²) in [6.07, 6.45) is 6.87. The quantitative estimate of drug-likeness (QED) is 0.366. The van der Waals surface area contributed by atoms with Crippen molar-refractivity contribution in [3.8, 4) is 0 Å². The Balaban J connectivity index is 1.29. The first-order valence-electron chi connectivity index (χ1n) is 10.7. The minimum Gasteiger partial charge on any atom is -0.358 e. The maximum atomic E-state index is 12.5. The van der Waals surface area contributed by atoms with Gasteiger partial charge < -0.3 is 9.55 Å². The number of rotatable bonds is 5. The molecule has 1 aliphatic carbocycles. The molecule has 5 nitrogen and oxygen atoms in total. The van der Waals surface area contributed by atoms with E-state index in [9.17, 15) is 4.79 Å². The molecule has 0 unspecified atom stereocenters. The van der Waals surface area contributed by atoms with Gasteiger partial charge in [-0.1, -0.05) is 36.4 Å². The zero-order valence-electron chi connectivity index (χ0n) is 17.2. The van der Waals surface area contributed by atoms with Crippen molar-refractivity contribution >= 4 is 33.9 Å². The van der Waals surface area contributed by atoms with Crippen molar-refractivity contribution in [2.75, 3.05) is 0 Å². The second-order valence-electron chi connectivity index (χ2n) is 8.05. The molecule has 0 radical (unpaired) electrons. The van der Waals surface area contributed by atoms with Gasteiger partial charge in [-0.05, 0) is 50.3 Å². The van der Waals surface area contributed by atoms with Gasteiger partial charge in [0.05, 0.1) is 6.21 Å². The standard InChI is InChI=1S/C25H26N4O/c1-17-21(18-8-2-5-11-22(18)27-17)16-26-28-25(30)14-15-29-23-12-6-3-9-19(23)20-10-4-7-13-24(20)29/h2-3,5-6,8-9,11-12,16,27H,4,7,10,13-15H2,1H3,(H,28,30)/b26-16-. The van der Waals surface area contributed by atoms with Crippen molar-refractivity contribution in [2.45, 2.75) is 45.6 Å². The molecule has 0 saturated carbocycles. The summed E-state index contributed by atoms with van der Waals surface area (Å²) in [7, 11) is 0. The van der Waals surface area contributed by atoms with Crippen LogP contribution in [0.15, 0.2) is 53.6 Å². The second kappa shape index (κ2) is 7.82. The van der Waals surface area contributed by atoms with Gasteiger partial charge in [-0.15, -0.1) is 0 Å². The number of benzene rings is 2. The molecule has 0 fully saturated rings. The van der Waals surface area contributed by atoms with Gasteiger partial charge in [-0.2, -0.15) is 5.10 Å². The van der Waals surface area contributed by atoms with E-state index in [1.165, 1.54) is 35.0 Å². The topological polar surface area (TPSA) is 62.2 Å². The summed E-state index contributed by atoms with van der Waals surface area (Å²) in [6, 6.07) is 16.7. The number of aromatic amines is 1. The normalized spacial score (nSPS) is 13.9. The van der Waals surface area contributed by atoms with Crippen molar-refractivity contribution in [3.05, 3.63) is 71.0 Å². The fourth-order valence-electron chi connectivity index (χ4n) is 4.75. The smallest absolute Gasteiger partial charge is 0.241 e. The highest BCUT2D eigenvalue weighted by Gasteiger charge is 2.19. The Morgan fingerprint density at radius 1 is 1.10 bits per heavy atom. The Morgan fingerprint density at radius 2 is 1.87 bits per heavy atom. The molecular formula is C25H26N4O. The highest BCUT2D eigenvalue weighted by Crippen LogP contribution is 2.32. The average Bonchev–Trinajstić information content (AvgIpc) is 3.27. The molecule has 0 atom stereocenters. The number of carbonyl (C=O) groups is 1. The van der Waals surface area contributed by atoms with E-state index in [4.69, 9.17) is 0 Å². The number of nitrogens with one attached hydrogen (secondary N) is 2. The minimum absolute atomic E-state index is 0.0638. The third kappa shape index (κ3) is 3.30.